The summed E-state index contributed by atoms with van der Waals surface area (Å²) in [5.41, 5.74) is 4.47. The van der Waals surface area contributed by atoms with Crippen molar-refractivity contribution in [1.82, 2.24) is 20.1 Å². The Morgan fingerprint density at radius 3 is 2.55 bits per heavy atom. The molecular formula is C30H29F3N6O2S. The summed E-state index contributed by atoms with van der Waals surface area (Å²) in [5, 5.41) is 8.10. The second-order valence-electron chi connectivity index (χ2n) is 9.58. The van der Waals surface area contributed by atoms with Crippen molar-refractivity contribution in [3.8, 4) is 22.8 Å². The lowest BCUT2D eigenvalue weighted by molar-refractivity contribution is -0.274. The number of aromatic nitrogens is 3. The topological polar surface area (TPSA) is 84.6 Å². The monoisotopic (exact) mass is 594 g/mol. The van der Waals surface area contributed by atoms with E-state index < -0.39 is 12.4 Å². The van der Waals surface area contributed by atoms with Crippen molar-refractivity contribution in [2.45, 2.75) is 39.1 Å². The number of hydrogen-bond donors (Lipinski definition) is 1. The standard InChI is InChI=1S/C30H29F3N6O2S/c1-3-21-7-4-5-8-26(21)38-17-6-18-42-29(38)36-28(40)35-20(2)22-9-11-23(12-10-22)27-34-19-39(37-27)24-13-15-25(16-14-24)41-30(31,32)33/h4-5,7-16,19-20H,3,6,17-18H2,1-2H3,(H,35,40). The molecule has 0 saturated carbocycles. The minimum Gasteiger partial charge on any atom is -0.406 e. The maximum absolute atomic E-state index is 12.9. The number of urea groups is 1. The van der Waals surface area contributed by atoms with Crippen LogP contribution in [0, 0.1) is 0 Å². The van der Waals surface area contributed by atoms with E-state index in [2.05, 4.69) is 49.1 Å². The number of carbonyl (C=O) groups excluding carboxylic acids is 1. The number of thioether (sulfide) groups is 1. The van der Waals surface area contributed by atoms with Gasteiger partial charge in [-0.05, 0) is 61.2 Å². The summed E-state index contributed by atoms with van der Waals surface area (Å²) >= 11 is 1.59. The molecule has 0 aliphatic carbocycles. The Morgan fingerprint density at radius 2 is 1.83 bits per heavy atom. The van der Waals surface area contributed by atoms with E-state index in [1.807, 2.05) is 43.3 Å². The lowest BCUT2D eigenvalue weighted by Crippen LogP contribution is -2.36. The van der Waals surface area contributed by atoms with Gasteiger partial charge in [-0.3, -0.25) is 0 Å². The second-order valence-corrected chi connectivity index (χ2v) is 10.6. The van der Waals surface area contributed by atoms with Crippen LogP contribution in [0.4, 0.5) is 23.7 Å². The van der Waals surface area contributed by atoms with Crippen LogP contribution in [0.1, 0.15) is 37.4 Å². The van der Waals surface area contributed by atoms with Crippen molar-refractivity contribution in [2.24, 2.45) is 4.99 Å². The number of nitrogens with one attached hydrogen (secondary N) is 1. The molecule has 0 spiro atoms. The largest absolute Gasteiger partial charge is 0.573 e. The zero-order valence-electron chi connectivity index (χ0n) is 23.0. The Balaban J connectivity index is 1.23. The van der Waals surface area contributed by atoms with E-state index in [9.17, 15) is 18.0 Å². The van der Waals surface area contributed by atoms with Crippen molar-refractivity contribution >= 4 is 28.6 Å². The van der Waals surface area contributed by atoms with Gasteiger partial charge in [0.15, 0.2) is 11.0 Å². The number of rotatable bonds is 7. The minimum absolute atomic E-state index is 0.288. The zero-order valence-corrected chi connectivity index (χ0v) is 23.8. The van der Waals surface area contributed by atoms with Crippen molar-refractivity contribution in [1.29, 1.82) is 0 Å². The number of hydrogen-bond acceptors (Lipinski definition) is 5. The highest BCUT2D eigenvalue weighted by Gasteiger charge is 2.31. The van der Waals surface area contributed by atoms with Crippen molar-refractivity contribution in [2.75, 3.05) is 17.2 Å². The van der Waals surface area contributed by atoms with E-state index in [4.69, 9.17) is 0 Å². The molecule has 1 unspecified atom stereocenters. The first-order valence-corrected chi connectivity index (χ1v) is 14.4. The highest BCUT2D eigenvalue weighted by molar-refractivity contribution is 8.14. The average molecular weight is 595 g/mol. The van der Waals surface area contributed by atoms with Gasteiger partial charge >= 0.3 is 12.4 Å². The third-order valence-corrected chi connectivity index (χ3v) is 7.75. The van der Waals surface area contributed by atoms with Crippen molar-refractivity contribution in [3.05, 3.63) is 90.3 Å². The quantitative estimate of drug-likeness (QED) is 0.244. The number of alkyl halides is 3. The predicted octanol–water partition coefficient (Wildman–Crippen LogP) is 7.17. The molecule has 2 amide bonds. The van der Waals surface area contributed by atoms with Gasteiger partial charge in [-0.1, -0.05) is 61.2 Å². The van der Waals surface area contributed by atoms with Gasteiger partial charge in [0, 0.05) is 23.5 Å². The molecule has 8 nitrogen and oxygen atoms in total. The zero-order chi connectivity index (χ0) is 29.7. The summed E-state index contributed by atoms with van der Waals surface area (Å²) in [5.74, 6) is 1.05. The molecule has 2 heterocycles. The van der Waals surface area contributed by atoms with Gasteiger partial charge in [-0.15, -0.1) is 18.3 Å². The number of amidine groups is 1. The number of amides is 2. The Hall–Kier alpha value is -4.32. The molecule has 1 aliphatic rings. The Kier molecular flexibility index (Phi) is 8.81. The maximum Gasteiger partial charge on any atom is 0.573 e. The van der Waals surface area contributed by atoms with Crippen molar-refractivity contribution < 1.29 is 22.7 Å². The van der Waals surface area contributed by atoms with Crippen LogP contribution in [0.25, 0.3) is 17.1 Å². The van der Waals surface area contributed by atoms with Crippen LogP contribution in [0.5, 0.6) is 5.75 Å². The molecule has 1 fully saturated rings. The highest BCUT2D eigenvalue weighted by atomic mass is 32.2. The summed E-state index contributed by atoms with van der Waals surface area (Å²) in [7, 11) is 0. The normalized spacial score (nSPS) is 15.5. The van der Waals surface area contributed by atoms with Gasteiger partial charge in [0.25, 0.3) is 0 Å². The van der Waals surface area contributed by atoms with E-state index in [1.165, 1.54) is 40.8 Å². The van der Waals surface area contributed by atoms with Crippen LogP contribution in [0.3, 0.4) is 0 Å². The number of aryl methyl sites for hydroxylation is 1. The number of halogens is 3. The smallest absolute Gasteiger partial charge is 0.406 e. The van der Waals surface area contributed by atoms with Gasteiger partial charge in [0.1, 0.15) is 12.1 Å². The molecule has 1 aromatic heterocycles. The third-order valence-electron chi connectivity index (χ3n) is 6.68. The van der Waals surface area contributed by atoms with Gasteiger partial charge < -0.3 is 15.0 Å². The number of aliphatic imine (C=N–C) groups is 1. The fourth-order valence-electron chi connectivity index (χ4n) is 4.58. The summed E-state index contributed by atoms with van der Waals surface area (Å²) in [6.07, 6.45) is -1.36. The van der Waals surface area contributed by atoms with E-state index in [0.29, 0.717) is 16.7 Å². The predicted molar refractivity (Wildman–Crippen MR) is 158 cm³/mol. The molecule has 1 atom stereocenters. The van der Waals surface area contributed by atoms with Crippen LogP contribution >= 0.6 is 11.8 Å². The first-order valence-electron chi connectivity index (χ1n) is 13.5. The van der Waals surface area contributed by atoms with E-state index in [-0.39, 0.29) is 11.8 Å². The molecular weight excluding hydrogens is 565 g/mol. The molecule has 1 aliphatic heterocycles. The summed E-state index contributed by atoms with van der Waals surface area (Å²) < 4.78 is 42.6. The molecule has 0 bridgehead atoms. The first kappa shape index (κ1) is 29.2. The van der Waals surface area contributed by atoms with Gasteiger partial charge in [0.05, 0.1) is 11.7 Å². The number of para-hydroxylation sites is 1. The summed E-state index contributed by atoms with van der Waals surface area (Å²) in [6.45, 7) is 4.83. The average Bonchev–Trinajstić information content (AvgIpc) is 3.47. The summed E-state index contributed by atoms with van der Waals surface area (Å²) in [6, 6.07) is 20.3. The number of nitrogens with zero attached hydrogens (tertiary/aromatic N) is 5. The molecule has 42 heavy (non-hydrogen) atoms. The van der Waals surface area contributed by atoms with Crippen LogP contribution in [-0.2, 0) is 6.42 Å². The number of ether oxygens (including phenoxy) is 1. The lowest BCUT2D eigenvalue weighted by Gasteiger charge is -2.31. The van der Waals surface area contributed by atoms with E-state index in [0.717, 1.165) is 42.0 Å². The second kappa shape index (κ2) is 12.7. The van der Waals surface area contributed by atoms with Crippen LogP contribution in [-0.4, -0.2) is 44.6 Å². The van der Waals surface area contributed by atoms with Crippen LogP contribution < -0.4 is 15.0 Å². The van der Waals surface area contributed by atoms with Crippen LogP contribution in [0.2, 0.25) is 0 Å². The summed E-state index contributed by atoms with van der Waals surface area (Å²) in [4.78, 5) is 23.8. The molecule has 1 saturated heterocycles. The van der Waals surface area contributed by atoms with Gasteiger partial charge in [0.2, 0.25) is 0 Å². The number of anilines is 1. The maximum atomic E-state index is 12.9. The third kappa shape index (κ3) is 7.11. The van der Waals surface area contributed by atoms with Crippen molar-refractivity contribution in [3.63, 3.8) is 0 Å². The molecule has 4 aromatic rings. The van der Waals surface area contributed by atoms with Gasteiger partial charge in [-0.25, -0.2) is 14.5 Å². The van der Waals surface area contributed by atoms with Crippen LogP contribution in [0.15, 0.2) is 84.1 Å². The Labute approximate surface area is 245 Å². The Morgan fingerprint density at radius 1 is 1.10 bits per heavy atom. The molecule has 1 N–H and O–H groups in total. The molecule has 218 valence electrons. The Bertz CT molecular complexity index is 1550. The first-order chi connectivity index (χ1) is 20.2. The molecule has 0 radical (unpaired) electrons. The molecule has 3 aromatic carbocycles. The molecule has 5 rings (SSSR count). The SMILES string of the molecule is CCc1ccccc1N1CCCSC1=NC(=O)NC(C)c1ccc(-c2ncn(-c3ccc(OC(F)(F)F)cc3)n2)cc1. The molecule has 12 heteroatoms. The van der Waals surface area contributed by atoms with E-state index in [1.54, 1.807) is 11.8 Å². The number of benzene rings is 3. The number of carbonyl (C=O) groups is 1. The van der Waals surface area contributed by atoms with E-state index >= 15 is 0 Å². The highest BCUT2D eigenvalue weighted by Crippen LogP contribution is 2.29. The fraction of sp³-hybridized carbons (Fsp3) is 0.267. The van der Waals surface area contributed by atoms with Gasteiger partial charge in [-0.2, -0.15) is 4.99 Å². The fourth-order valence-corrected chi connectivity index (χ4v) is 5.53. The minimum atomic E-state index is -4.75. The lowest BCUT2D eigenvalue weighted by atomic mass is 10.1.